The SMILES string of the molecule is COC(=O)c1ccc(/C=C/C(=O)OCC(=O)NCC(C)C)cc1. The van der Waals surface area contributed by atoms with Gasteiger partial charge < -0.3 is 14.8 Å². The molecule has 6 heteroatoms. The lowest BCUT2D eigenvalue weighted by Gasteiger charge is -2.07. The zero-order valence-corrected chi connectivity index (χ0v) is 13.5. The van der Waals surface area contributed by atoms with Gasteiger partial charge >= 0.3 is 11.9 Å². The van der Waals surface area contributed by atoms with Crippen LogP contribution in [-0.4, -0.2) is 38.1 Å². The number of ether oxygens (including phenoxy) is 2. The Hall–Kier alpha value is -2.63. The monoisotopic (exact) mass is 319 g/mol. The van der Waals surface area contributed by atoms with E-state index < -0.39 is 11.9 Å². The Morgan fingerprint density at radius 3 is 2.39 bits per heavy atom. The van der Waals surface area contributed by atoms with E-state index in [0.29, 0.717) is 18.0 Å². The fraction of sp³-hybridized carbons (Fsp3) is 0.353. The summed E-state index contributed by atoms with van der Waals surface area (Å²) in [6.07, 6.45) is 2.76. The summed E-state index contributed by atoms with van der Waals surface area (Å²) in [5.74, 6) is -1.03. The molecular formula is C17H21NO5. The Balaban J connectivity index is 2.43. The molecule has 0 aliphatic rings. The van der Waals surface area contributed by atoms with Gasteiger partial charge in [-0.15, -0.1) is 0 Å². The van der Waals surface area contributed by atoms with E-state index >= 15 is 0 Å². The van der Waals surface area contributed by atoms with Crippen LogP contribution in [-0.2, 0) is 19.1 Å². The van der Waals surface area contributed by atoms with E-state index in [1.54, 1.807) is 24.3 Å². The highest BCUT2D eigenvalue weighted by molar-refractivity contribution is 5.91. The number of carbonyl (C=O) groups excluding carboxylic acids is 3. The molecule has 0 aliphatic heterocycles. The van der Waals surface area contributed by atoms with Crippen LogP contribution < -0.4 is 5.32 Å². The number of carbonyl (C=O) groups is 3. The highest BCUT2D eigenvalue weighted by Gasteiger charge is 2.06. The highest BCUT2D eigenvalue weighted by atomic mass is 16.5. The molecule has 0 unspecified atom stereocenters. The van der Waals surface area contributed by atoms with E-state index in [4.69, 9.17) is 4.74 Å². The van der Waals surface area contributed by atoms with Gasteiger partial charge in [-0.25, -0.2) is 9.59 Å². The van der Waals surface area contributed by atoms with Crippen molar-refractivity contribution >= 4 is 23.9 Å². The van der Waals surface area contributed by atoms with Gasteiger partial charge in [0.25, 0.3) is 5.91 Å². The summed E-state index contributed by atoms with van der Waals surface area (Å²) in [5.41, 5.74) is 1.15. The molecule has 0 fully saturated rings. The standard InChI is InChI=1S/C17H21NO5/c1-12(2)10-18-15(19)11-23-16(20)9-6-13-4-7-14(8-5-13)17(21)22-3/h4-9,12H,10-11H2,1-3H3,(H,18,19)/b9-6+. The Morgan fingerprint density at radius 2 is 1.83 bits per heavy atom. The molecule has 6 nitrogen and oxygen atoms in total. The number of nitrogens with one attached hydrogen (secondary N) is 1. The molecule has 1 rings (SSSR count). The zero-order valence-electron chi connectivity index (χ0n) is 13.5. The maximum atomic E-state index is 11.5. The molecule has 0 spiro atoms. The first kappa shape index (κ1) is 18.4. The van der Waals surface area contributed by atoms with Crippen LogP contribution in [0.3, 0.4) is 0 Å². The Morgan fingerprint density at radius 1 is 1.17 bits per heavy atom. The van der Waals surface area contributed by atoms with Crippen LogP contribution in [0.4, 0.5) is 0 Å². The number of hydrogen-bond acceptors (Lipinski definition) is 5. The third kappa shape index (κ3) is 7.26. The largest absolute Gasteiger partial charge is 0.465 e. The van der Waals surface area contributed by atoms with Crippen molar-refractivity contribution in [2.45, 2.75) is 13.8 Å². The van der Waals surface area contributed by atoms with Crippen LogP contribution >= 0.6 is 0 Å². The van der Waals surface area contributed by atoms with Crippen molar-refractivity contribution in [2.75, 3.05) is 20.3 Å². The molecule has 1 aromatic carbocycles. The van der Waals surface area contributed by atoms with Gasteiger partial charge in [-0.3, -0.25) is 4.79 Å². The first-order chi connectivity index (χ1) is 10.9. The number of benzene rings is 1. The van der Waals surface area contributed by atoms with Crippen molar-refractivity contribution in [1.29, 1.82) is 0 Å². The molecule has 23 heavy (non-hydrogen) atoms. The third-order valence-corrected chi connectivity index (χ3v) is 2.80. The lowest BCUT2D eigenvalue weighted by atomic mass is 10.1. The van der Waals surface area contributed by atoms with E-state index in [0.717, 1.165) is 5.56 Å². The van der Waals surface area contributed by atoms with Gasteiger partial charge in [0.1, 0.15) is 0 Å². The zero-order chi connectivity index (χ0) is 17.2. The number of hydrogen-bond donors (Lipinski definition) is 1. The first-order valence-corrected chi connectivity index (χ1v) is 7.22. The highest BCUT2D eigenvalue weighted by Crippen LogP contribution is 2.07. The molecule has 0 bridgehead atoms. The van der Waals surface area contributed by atoms with Crippen molar-refractivity contribution in [3.8, 4) is 0 Å². The van der Waals surface area contributed by atoms with Crippen LogP contribution in [0.2, 0.25) is 0 Å². The van der Waals surface area contributed by atoms with Gasteiger partial charge in [-0.2, -0.15) is 0 Å². The summed E-state index contributed by atoms with van der Waals surface area (Å²) in [6.45, 7) is 4.18. The number of amides is 1. The summed E-state index contributed by atoms with van der Waals surface area (Å²) in [4.78, 5) is 34.2. The van der Waals surface area contributed by atoms with Crippen molar-refractivity contribution in [1.82, 2.24) is 5.32 Å². The number of esters is 2. The summed E-state index contributed by atoms with van der Waals surface area (Å²) >= 11 is 0. The summed E-state index contributed by atoms with van der Waals surface area (Å²) < 4.78 is 9.42. The van der Waals surface area contributed by atoms with Crippen molar-refractivity contribution in [2.24, 2.45) is 5.92 Å². The van der Waals surface area contributed by atoms with Gasteiger partial charge in [0.15, 0.2) is 6.61 Å². The second-order valence-corrected chi connectivity index (χ2v) is 5.25. The maximum Gasteiger partial charge on any atom is 0.337 e. The summed E-state index contributed by atoms with van der Waals surface area (Å²) in [6, 6.07) is 6.53. The fourth-order valence-electron chi connectivity index (χ4n) is 1.57. The van der Waals surface area contributed by atoms with Crippen LogP contribution in [0, 0.1) is 5.92 Å². The van der Waals surface area contributed by atoms with Gasteiger partial charge in [-0.05, 0) is 29.7 Å². The van der Waals surface area contributed by atoms with E-state index in [2.05, 4.69) is 10.1 Å². The molecule has 1 aromatic rings. The average molecular weight is 319 g/mol. The molecule has 0 atom stereocenters. The molecule has 1 N–H and O–H groups in total. The Labute approximate surface area is 135 Å². The van der Waals surface area contributed by atoms with E-state index in [-0.39, 0.29) is 12.5 Å². The molecule has 0 saturated carbocycles. The van der Waals surface area contributed by atoms with Crippen molar-refractivity contribution in [3.63, 3.8) is 0 Å². The predicted octanol–water partition coefficient (Wildman–Crippen LogP) is 1.80. The van der Waals surface area contributed by atoms with Gasteiger partial charge in [0.2, 0.25) is 0 Å². The fourth-order valence-corrected chi connectivity index (χ4v) is 1.57. The quantitative estimate of drug-likeness (QED) is 0.612. The topological polar surface area (TPSA) is 81.7 Å². The van der Waals surface area contributed by atoms with Crippen LogP contribution in [0.1, 0.15) is 29.8 Å². The predicted molar refractivity (Wildman–Crippen MR) is 85.6 cm³/mol. The minimum absolute atomic E-state index is 0.308. The van der Waals surface area contributed by atoms with Crippen molar-refractivity contribution < 1.29 is 23.9 Å². The maximum absolute atomic E-state index is 11.5. The molecule has 0 radical (unpaired) electrons. The van der Waals surface area contributed by atoms with Crippen molar-refractivity contribution in [3.05, 3.63) is 41.5 Å². The first-order valence-electron chi connectivity index (χ1n) is 7.22. The van der Waals surface area contributed by atoms with Gasteiger partial charge in [-0.1, -0.05) is 26.0 Å². The molecule has 1 amide bonds. The van der Waals surface area contributed by atoms with Crippen LogP contribution in [0.5, 0.6) is 0 Å². The second-order valence-electron chi connectivity index (χ2n) is 5.25. The second kappa shape index (κ2) is 9.40. The molecule has 0 aliphatic carbocycles. The smallest absolute Gasteiger partial charge is 0.337 e. The molecule has 0 aromatic heterocycles. The number of rotatable bonds is 7. The number of methoxy groups -OCH3 is 1. The average Bonchev–Trinajstić information content (AvgIpc) is 2.55. The minimum atomic E-state index is -0.609. The Bertz CT molecular complexity index is 575. The summed E-state index contributed by atoms with van der Waals surface area (Å²) in [7, 11) is 1.31. The van der Waals surface area contributed by atoms with E-state index in [1.807, 2.05) is 13.8 Å². The lowest BCUT2D eigenvalue weighted by molar-refractivity contribution is -0.143. The molecule has 0 saturated heterocycles. The molecule has 124 valence electrons. The minimum Gasteiger partial charge on any atom is -0.465 e. The molecule has 0 heterocycles. The van der Waals surface area contributed by atoms with Gasteiger partial charge in [0, 0.05) is 12.6 Å². The van der Waals surface area contributed by atoms with Crippen LogP contribution in [0.15, 0.2) is 30.3 Å². The Kier molecular flexibility index (Phi) is 7.53. The normalized spacial score (nSPS) is 10.6. The molecular weight excluding hydrogens is 298 g/mol. The lowest BCUT2D eigenvalue weighted by Crippen LogP contribution is -2.31. The summed E-state index contributed by atoms with van der Waals surface area (Å²) in [5, 5.41) is 2.65. The van der Waals surface area contributed by atoms with Crippen LogP contribution in [0.25, 0.3) is 6.08 Å². The van der Waals surface area contributed by atoms with E-state index in [9.17, 15) is 14.4 Å². The van der Waals surface area contributed by atoms with Gasteiger partial charge in [0.05, 0.1) is 12.7 Å². The van der Waals surface area contributed by atoms with E-state index in [1.165, 1.54) is 19.3 Å². The third-order valence-electron chi connectivity index (χ3n) is 2.80.